The minimum atomic E-state index is -1.20. The van der Waals surface area contributed by atoms with Crippen LogP contribution < -0.4 is 0 Å². The molecule has 8 nitrogen and oxygen atoms in total. The number of para-hydroxylation sites is 1. The van der Waals surface area contributed by atoms with Gasteiger partial charge in [0.25, 0.3) is 0 Å². The Balaban J connectivity index is 1.76. The van der Waals surface area contributed by atoms with Gasteiger partial charge >= 0.3 is 0 Å². The first-order chi connectivity index (χ1) is 18.0. The average molecular weight is 619 g/mol. The van der Waals surface area contributed by atoms with E-state index in [0.29, 0.717) is 26.7 Å². The summed E-state index contributed by atoms with van der Waals surface area (Å²) in [5.41, 5.74) is 4.46. The zero-order chi connectivity index (χ0) is 27.5. The normalized spacial score (nSPS) is 12.7. The maximum atomic E-state index is 6.22. The second kappa shape index (κ2) is 12.1. The summed E-state index contributed by atoms with van der Waals surface area (Å²) in [6.45, 7) is 16.8. The van der Waals surface area contributed by atoms with Crippen LogP contribution in [0, 0.1) is 0 Å². The van der Waals surface area contributed by atoms with Gasteiger partial charge in [0.2, 0.25) is 0 Å². The largest absolute Gasteiger partial charge is 0.380 e. The van der Waals surface area contributed by atoms with E-state index in [4.69, 9.17) is 24.3 Å². The van der Waals surface area contributed by atoms with Crippen molar-refractivity contribution in [2.75, 3.05) is 20.3 Å². The lowest BCUT2D eigenvalue weighted by Gasteiger charge is -2.16. The van der Waals surface area contributed by atoms with Crippen LogP contribution in [0.4, 0.5) is 0 Å². The number of ether oxygens (including phenoxy) is 3. The standard InChI is InChI=1S/C27H40BrN5O3Si2/c1-34-17-20-9-8-10-23-24(20)30-27(32(23)18-35-11-13-37(2,3)4)25-22-15-21(28)16-29-26(22)33(31-25)19-36-12-14-38(5,6)7/h8-10,15-16H,11-14,17-19H2,1-7H3. The lowest BCUT2D eigenvalue weighted by Crippen LogP contribution is -2.22. The van der Waals surface area contributed by atoms with E-state index < -0.39 is 16.1 Å². The highest BCUT2D eigenvalue weighted by Gasteiger charge is 2.23. The second-order valence-electron chi connectivity index (χ2n) is 12.2. The molecule has 0 aliphatic carbocycles. The van der Waals surface area contributed by atoms with Crippen molar-refractivity contribution in [3.63, 3.8) is 0 Å². The van der Waals surface area contributed by atoms with Gasteiger partial charge in [0, 0.05) is 52.7 Å². The van der Waals surface area contributed by atoms with Crippen molar-refractivity contribution in [3.8, 4) is 11.5 Å². The molecule has 1 aromatic carbocycles. The van der Waals surface area contributed by atoms with Crippen molar-refractivity contribution in [2.45, 2.75) is 71.4 Å². The van der Waals surface area contributed by atoms with Gasteiger partial charge in [0.05, 0.1) is 23.0 Å². The van der Waals surface area contributed by atoms with Gasteiger partial charge in [-0.2, -0.15) is 5.10 Å². The Kier molecular flexibility index (Phi) is 9.26. The second-order valence-corrected chi connectivity index (χ2v) is 24.3. The van der Waals surface area contributed by atoms with Crippen LogP contribution in [0.5, 0.6) is 0 Å². The molecule has 0 saturated carbocycles. The summed E-state index contributed by atoms with van der Waals surface area (Å²) in [6.07, 6.45) is 1.80. The highest BCUT2D eigenvalue weighted by molar-refractivity contribution is 9.10. The van der Waals surface area contributed by atoms with Gasteiger partial charge in [-0.15, -0.1) is 0 Å². The summed E-state index contributed by atoms with van der Waals surface area (Å²) in [5.74, 6) is 0.752. The highest BCUT2D eigenvalue weighted by atomic mass is 79.9. The van der Waals surface area contributed by atoms with Gasteiger partial charge in [-0.25, -0.2) is 14.6 Å². The van der Waals surface area contributed by atoms with Crippen LogP contribution >= 0.6 is 15.9 Å². The molecular formula is C27H40BrN5O3Si2. The zero-order valence-electron chi connectivity index (χ0n) is 23.7. The first-order valence-electron chi connectivity index (χ1n) is 13.1. The predicted octanol–water partition coefficient (Wildman–Crippen LogP) is 6.98. The molecule has 0 spiro atoms. The fourth-order valence-electron chi connectivity index (χ4n) is 4.14. The van der Waals surface area contributed by atoms with E-state index in [1.165, 1.54) is 0 Å². The molecule has 4 rings (SSSR count). The number of methoxy groups -OCH3 is 1. The van der Waals surface area contributed by atoms with Crippen LogP contribution in [0.1, 0.15) is 5.56 Å². The summed E-state index contributed by atoms with van der Waals surface area (Å²) < 4.78 is 22.6. The maximum Gasteiger partial charge on any atom is 0.164 e. The molecule has 0 aliphatic rings. The van der Waals surface area contributed by atoms with E-state index in [2.05, 4.69) is 83.0 Å². The molecule has 0 atom stereocenters. The van der Waals surface area contributed by atoms with Crippen molar-refractivity contribution in [2.24, 2.45) is 0 Å². The summed E-state index contributed by atoms with van der Waals surface area (Å²) in [6, 6.07) is 10.4. The van der Waals surface area contributed by atoms with Crippen LogP contribution in [-0.2, 0) is 34.3 Å². The SMILES string of the molecule is COCc1cccc2c1nc(-c1nn(COCC[Si](C)(C)C)c3ncc(Br)cc13)n2COCC[Si](C)(C)C. The highest BCUT2D eigenvalue weighted by Crippen LogP contribution is 2.32. The van der Waals surface area contributed by atoms with Crippen molar-refractivity contribution in [1.82, 2.24) is 24.3 Å². The number of imidazole rings is 1. The van der Waals surface area contributed by atoms with Crippen molar-refractivity contribution >= 4 is 54.1 Å². The monoisotopic (exact) mass is 617 g/mol. The molecule has 0 saturated heterocycles. The third-order valence-electron chi connectivity index (χ3n) is 6.35. The van der Waals surface area contributed by atoms with Gasteiger partial charge in [0.15, 0.2) is 11.5 Å². The predicted molar refractivity (Wildman–Crippen MR) is 163 cm³/mol. The molecule has 206 valence electrons. The van der Waals surface area contributed by atoms with E-state index in [9.17, 15) is 0 Å². The fourth-order valence-corrected chi connectivity index (χ4v) is 5.99. The molecule has 11 heteroatoms. The molecule has 4 aromatic rings. The quantitative estimate of drug-likeness (QED) is 0.119. The number of hydrogen-bond donors (Lipinski definition) is 0. The molecule has 0 amide bonds. The number of hydrogen-bond acceptors (Lipinski definition) is 6. The number of nitrogens with zero attached hydrogens (tertiary/aromatic N) is 5. The van der Waals surface area contributed by atoms with Gasteiger partial charge < -0.3 is 14.2 Å². The molecular weight excluding hydrogens is 578 g/mol. The van der Waals surface area contributed by atoms with Crippen LogP contribution in [0.25, 0.3) is 33.6 Å². The van der Waals surface area contributed by atoms with Crippen LogP contribution in [0.15, 0.2) is 34.9 Å². The Hall–Kier alpha value is -1.90. The molecule has 0 fully saturated rings. The van der Waals surface area contributed by atoms with Crippen LogP contribution in [-0.4, -0.2) is 60.8 Å². The minimum absolute atomic E-state index is 0.345. The van der Waals surface area contributed by atoms with Gasteiger partial charge in [-0.1, -0.05) is 51.4 Å². The van der Waals surface area contributed by atoms with E-state index in [1.807, 2.05) is 10.7 Å². The molecule has 0 unspecified atom stereocenters. The van der Waals surface area contributed by atoms with E-state index in [0.717, 1.165) is 62.3 Å². The Labute approximate surface area is 235 Å². The summed E-state index contributed by atoms with van der Waals surface area (Å²) in [4.78, 5) is 9.79. The lowest BCUT2D eigenvalue weighted by atomic mass is 10.2. The lowest BCUT2D eigenvalue weighted by molar-refractivity contribution is 0.0812. The third kappa shape index (κ3) is 7.19. The van der Waals surface area contributed by atoms with Gasteiger partial charge in [-0.05, 0) is 40.2 Å². The van der Waals surface area contributed by atoms with Gasteiger partial charge in [-0.3, -0.25) is 4.57 Å². The Morgan fingerprint density at radius 3 is 2.29 bits per heavy atom. The number of rotatable bonds is 13. The number of halogens is 1. The average Bonchev–Trinajstić information content (AvgIpc) is 3.37. The Bertz CT molecular complexity index is 1390. The Morgan fingerprint density at radius 1 is 0.947 bits per heavy atom. The summed E-state index contributed by atoms with van der Waals surface area (Å²) in [5, 5.41) is 5.91. The third-order valence-corrected chi connectivity index (χ3v) is 10.2. The smallest absolute Gasteiger partial charge is 0.164 e. The van der Waals surface area contributed by atoms with Crippen LogP contribution in [0.2, 0.25) is 51.4 Å². The molecule has 0 aliphatic heterocycles. The molecule has 3 heterocycles. The fraction of sp³-hybridized carbons (Fsp3) is 0.519. The van der Waals surface area contributed by atoms with E-state index >= 15 is 0 Å². The molecule has 3 aromatic heterocycles. The summed E-state index contributed by atoms with van der Waals surface area (Å²) in [7, 11) is -0.682. The van der Waals surface area contributed by atoms with Crippen molar-refractivity contribution < 1.29 is 14.2 Å². The summed E-state index contributed by atoms with van der Waals surface area (Å²) >= 11 is 3.60. The van der Waals surface area contributed by atoms with Crippen LogP contribution in [0.3, 0.4) is 0 Å². The van der Waals surface area contributed by atoms with E-state index in [-0.39, 0.29) is 0 Å². The molecule has 0 radical (unpaired) electrons. The van der Waals surface area contributed by atoms with Crippen molar-refractivity contribution in [1.29, 1.82) is 0 Å². The zero-order valence-corrected chi connectivity index (χ0v) is 27.3. The number of benzene rings is 1. The van der Waals surface area contributed by atoms with Gasteiger partial charge in [0.1, 0.15) is 19.2 Å². The topological polar surface area (TPSA) is 76.2 Å². The van der Waals surface area contributed by atoms with Crippen molar-refractivity contribution in [3.05, 3.63) is 40.5 Å². The minimum Gasteiger partial charge on any atom is -0.380 e. The molecule has 0 N–H and O–H groups in total. The first-order valence-corrected chi connectivity index (χ1v) is 21.3. The number of fused-ring (bicyclic) bond motifs is 2. The molecule has 38 heavy (non-hydrogen) atoms. The Morgan fingerprint density at radius 2 is 1.63 bits per heavy atom. The van der Waals surface area contributed by atoms with E-state index in [1.54, 1.807) is 13.3 Å². The maximum absolute atomic E-state index is 6.22. The first kappa shape index (κ1) is 29.1. The number of pyridine rings is 1. The molecule has 0 bridgehead atoms. The number of aromatic nitrogens is 5.